The van der Waals surface area contributed by atoms with Gasteiger partial charge in [0, 0.05) is 15.7 Å². The molecule has 2 atom stereocenters. The molecule has 2 heteroatoms. The highest BCUT2D eigenvalue weighted by Crippen LogP contribution is 2.17. The molecule has 1 aromatic carbocycles. The second-order valence-electron chi connectivity index (χ2n) is 5.07. The van der Waals surface area contributed by atoms with E-state index in [2.05, 4.69) is 72.9 Å². The molecular formula is C16H26IN. The number of benzene rings is 1. The molecule has 18 heavy (non-hydrogen) atoms. The Kier molecular flexibility index (Phi) is 7.91. The lowest BCUT2D eigenvalue weighted by Gasteiger charge is -2.23. The number of rotatable bonds is 8. The van der Waals surface area contributed by atoms with Crippen molar-refractivity contribution in [3.8, 4) is 0 Å². The molecular weight excluding hydrogens is 333 g/mol. The van der Waals surface area contributed by atoms with E-state index in [1.807, 2.05) is 0 Å². The predicted molar refractivity (Wildman–Crippen MR) is 88.9 cm³/mol. The van der Waals surface area contributed by atoms with Crippen molar-refractivity contribution in [2.24, 2.45) is 0 Å². The van der Waals surface area contributed by atoms with Gasteiger partial charge in [0.15, 0.2) is 0 Å². The van der Waals surface area contributed by atoms with E-state index in [0.717, 1.165) is 0 Å². The Morgan fingerprint density at radius 2 is 1.72 bits per heavy atom. The molecule has 2 unspecified atom stereocenters. The Hall–Kier alpha value is -0.0900. The molecule has 0 aliphatic rings. The third kappa shape index (κ3) is 5.70. The lowest BCUT2D eigenvalue weighted by atomic mass is 10.0. The minimum absolute atomic E-state index is 0.454. The molecule has 0 aliphatic carbocycles. The van der Waals surface area contributed by atoms with Crippen LogP contribution < -0.4 is 5.32 Å². The number of hydrogen-bond acceptors (Lipinski definition) is 1. The summed E-state index contributed by atoms with van der Waals surface area (Å²) in [5.41, 5.74) is 1.40. The van der Waals surface area contributed by atoms with E-state index >= 15 is 0 Å². The Labute approximate surface area is 126 Å². The highest BCUT2D eigenvalue weighted by molar-refractivity contribution is 14.1. The second kappa shape index (κ2) is 8.92. The van der Waals surface area contributed by atoms with Gasteiger partial charge in [0.2, 0.25) is 0 Å². The van der Waals surface area contributed by atoms with Crippen molar-refractivity contribution < 1.29 is 0 Å². The summed E-state index contributed by atoms with van der Waals surface area (Å²) in [6.45, 7) is 6.82. The van der Waals surface area contributed by atoms with E-state index in [-0.39, 0.29) is 0 Å². The lowest BCUT2D eigenvalue weighted by Crippen LogP contribution is -2.31. The summed E-state index contributed by atoms with van der Waals surface area (Å²) in [5.74, 6) is 0. The van der Waals surface area contributed by atoms with Crippen LogP contribution in [0.5, 0.6) is 0 Å². The molecule has 0 saturated heterocycles. The van der Waals surface area contributed by atoms with Gasteiger partial charge < -0.3 is 5.32 Å². The van der Waals surface area contributed by atoms with Gasteiger partial charge in [-0.25, -0.2) is 0 Å². The third-order valence-electron chi connectivity index (χ3n) is 3.40. The first-order valence-electron chi connectivity index (χ1n) is 7.18. The smallest absolute Gasteiger partial charge is 0.0294 e. The fourth-order valence-corrected chi connectivity index (χ4v) is 2.67. The van der Waals surface area contributed by atoms with Gasteiger partial charge in [-0.1, -0.05) is 45.2 Å². The van der Waals surface area contributed by atoms with Crippen molar-refractivity contribution >= 4 is 22.6 Å². The van der Waals surface area contributed by atoms with Crippen LogP contribution in [0.2, 0.25) is 0 Å². The second-order valence-corrected chi connectivity index (χ2v) is 6.31. The van der Waals surface area contributed by atoms with Crippen molar-refractivity contribution in [1.82, 2.24) is 5.32 Å². The largest absolute Gasteiger partial charge is 0.307 e. The molecule has 0 aliphatic heterocycles. The Bertz CT molecular complexity index is 320. The first-order chi connectivity index (χ1) is 8.67. The van der Waals surface area contributed by atoms with E-state index in [9.17, 15) is 0 Å². The molecule has 102 valence electrons. The van der Waals surface area contributed by atoms with Crippen LogP contribution in [0.25, 0.3) is 0 Å². The average molecular weight is 359 g/mol. The highest BCUT2D eigenvalue weighted by Gasteiger charge is 2.12. The maximum Gasteiger partial charge on any atom is 0.0294 e. The minimum Gasteiger partial charge on any atom is -0.307 e. The van der Waals surface area contributed by atoms with E-state index in [1.165, 1.54) is 41.2 Å². The van der Waals surface area contributed by atoms with Crippen molar-refractivity contribution in [3.05, 3.63) is 33.4 Å². The summed E-state index contributed by atoms with van der Waals surface area (Å²) in [6, 6.07) is 9.98. The monoisotopic (exact) mass is 359 g/mol. The third-order valence-corrected chi connectivity index (χ3v) is 4.12. The summed E-state index contributed by atoms with van der Waals surface area (Å²) >= 11 is 2.36. The van der Waals surface area contributed by atoms with Crippen LogP contribution in [0.3, 0.4) is 0 Å². The predicted octanol–water partition coefficient (Wildman–Crippen LogP) is 5.30. The van der Waals surface area contributed by atoms with E-state index in [1.54, 1.807) is 0 Å². The maximum absolute atomic E-state index is 3.79. The minimum atomic E-state index is 0.454. The van der Waals surface area contributed by atoms with Crippen molar-refractivity contribution in [1.29, 1.82) is 0 Å². The Balaban J connectivity index is 2.53. The van der Waals surface area contributed by atoms with Crippen molar-refractivity contribution in [3.63, 3.8) is 0 Å². The Morgan fingerprint density at radius 3 is 2.28 bits per heavy atom. The topological polar surface area (TPSA) is 12.0 Å². The normalized spacial score (nSPS) is 14.4. The van der Waals surface area contributed by atoms with Gasteiger partial charge in [-0.05, 0) is 60.1 Å². The summed E-state index contributed by atoms with van der Waals surface area (Å²) in [7, 11) is 0. The SMILES string of the molecule is CCCCC(CCC)NC(C)c1ccc(I)cc1. The fraction of sp³-hybridized carbons (Fsp3) is 0.625. The quantitative estimate of drug-likeness (QED) is 0.621. The zero-order valence-electron chi connectivity index (χ0n) is 11.9. The van der Waals surface area contributed by atoms with E-state index in [4.69, 9.17) is 0 Å². The van der Waals surface area contributed by atoms with Gasteiger partial charge >= 0.3 is 0 Å². The van der Waals surface area contributed by atoms with Crippen LogP contribution in [0.15, 0.2) is 24.3 Å². The number of unbranched alkanes of at least 4 members (excludes halogenated alkanes) is 1. The van der Waals surface area contributed by atoms with E-state index in [0.29, 0.717) is 12.1 Å². The molecule has 1 aromatic rings. The molecule has 0 heterocycles. The van der Waals surface area contributed by atoms with Crippen LogP contribution in [-0.4, -0.2) is 6.04 Å². The molecule has 1 rings (SSSR count). The van der Waals surface area contributed by atoms with Gasteiger partial charge in [-0.2, -0.15) is 0 Å². The fourth-order valence-electron chi connectivity index (χ4n) is 2.31. The molecule has 0 radical (unpaired) electrons. The van der Waals surface area contributed by atoms with E-state index < -0.39 is 0 Å². The zero-order chi connectivity index (χ0) is 13.4. The van der Waals surface area contributed by atoms with Crippen LogP contribution in [0, 0.1) is 3.57 Å². The number of halogens is 1. The van der Waals surface area contributed by atoms with Gasteiger partial charge in [-0.3, -0.25) is 0 Å². The van der Waals surface area contributed by atoms with Crippen molar-refractivity contribution in [2.75, 3.05) is 0 Å². The van der Waals surface area contributed by atoms with Crippen LogP contribution in [0.4, 0.5) is 0 Å². The summed E-state index contributed by atoms with van der Waals surface area (Å²) in [4.78, 5) is 0. The lowest BCUT2D eigenvalue weighted by molar-refractivity contribution is 0.396. The summed E-state index contributed by atoms with van der Waals surface area (Å²) in [6.07, 6.45) is 6.48. The summed E-state index contributed by atoms with van der Waals surface area (Å²) < 4.78 is 1.31. The molecule has 0 saturated carbocycles. The Morgan fingerprint density at radius 1 is 1.06 bits per heavy atom. The van der Waals surface area contributed by atoms with Gasteiger partial charge in [0.1, 0.15) is 0 Å². The first-order valence-corrected chi connectivity index (χ1v) is 8.26. The molecule has 1 N–H and O–H groups in total. The van der Waals surface area contributed by atoms with Crippen LogP contribution in [0.1, 0.15) is 64.5 Å². The number of hydrogen-bond donors (Lipinski definition) is 1. The molecule has 0 fully saturated rings. The molecule has 0 amide bonds. The summed E-state index contributed by atoms with van der Waals surface area (Å²) in [5, 5.41) is 3.79. The average Bonchev–Trinajstić information content (AvgIpc) is 2.37. The molecule has 0 bridgehead atoms. The van der Waals surface area contributed by atoms with Crippen molar-refractivity contribution in [2.45, 2.75) is 65.0 Å². The number of nitrogens with one attached hydrogen (secondary N) is 1. The van der Waals surface area contributed by atoms with Gasteiger partial charge in [-0.15, -0.1) is 0 Å². The highest BCUT2D eigenvalue weighted by atomic mass is 127. The standard InChI is InChI=1S/C16H26IN/c1-4-6-8-16(7-5-2)18-13(3)14-9-11-15(17)12-10-14/h9-13,16,18H,4-8H2,1-3H3. The van der Waals surface area contributed by atoms with Crippen LogP contribution >= 0.6 is 22.6 Å². The van der Waals surface area contributed by atoms with Gasteiger partial charge in [0.05, 0.1) is 0 Å². The molecule has 0 spiro atoms. The first kappa shape index (κ1) is 16.0. The molecule has 1 nitrogen and oxygen atoms in total. The molecule has 0 aromatic heterocycles. The zero-order valence-corrected chi connectivity index (χ0v) is 14.0. The van der Waals surface area contributed by atoms with Crippen LogP contribution in [-0.2, 0) is 0 Å². The maximum atomic E-state index is 3.79. The van der Waals surface area contributed by atoms with Gasteiger partial charge in [0.25, 0.3) is 0 Å².